The lowest BCUT2D eigenvalue weighted by Crippen LogP contribution is -2.35. The van der Waals surface area contributed by atoms with Crippen molar-refractivity contribution in [3.8, 4) is 11.1 Å². The van der Waals surface area contributed by atoms with Gasteiger partial charge in [-0.05, 0) is 36.8 Å². The summed E-state index contributed by atoms with van der Waals surface area (Å²) in [6.07, 6.45) is 1.44. The molecule has 0 saturated carbocycles. The van der Waals surface area contributed by atoms with Gasteiger partial charge in [0.2, 0.25) is 0 Å². The summed E-state index contributed by atoms with van der Waals surface area (Å²) in [7, 11) is 0. The van der Waals surface area contributed by atoms with E-state index in [-0.39, 0.29) is 36.3 Å². The first-order chi connectivity index (χ1) is 15.0. The van der Waals surface area contributed by atoms with Gasteiger partial charge in [0.25, 0.3) is 17.4 Å². The molecule has 5 rings (SSSR count). The Morgan fingerprint density at radius 3 is 2.23 bits per heavy atom. The Morgan fingerprint density at radius 2 is 1.58 bits per heavy atom. The van der Waals surface area contributed by atoms with Gasteiger partial charge in [-0.25, -0.2) is 9.37 Å². The fraction of sp³-hybridized carbons (Fsp3) is 0.130. The van der Waals surface area contributed by atoms with Crippen LogP contribution in [0.25, 0.3) is 21.3 Å². The molecule has 154 valence electrons. The number of amides is 2. The zero-order valence-corrected chi connectivity index (χ0v) is 17.3. The second-order valence-corrected chi connectivity index (χ2v) is 8.47. The Kier molecular flexibility index (Phi) is 4.51. The summed E-state index contributed by atoms with van der Waals surface area (Å²) in [6, 6.07) is 12.7. The Bertz CT molecular complexity index is 1390. The molecule has 8 heteroatoms. The van der Waals surface area contributed by atoms with Gasteiger partial charge < -0.3 is 0 Å². The lowest BCUT2D eigenvalue weighted by Gasteiger charge is -2.14. The highest BCUT2D eigenvalue weighted by Crippen LogP contribution is 2.35. The summed E-state index contributed by atoms with van der Waals surface area (Å²) >= 11 is 1.40. The van der Waals surface area contributed by atoms with E-state index in [0.717, 1.165) is 20.9 Å². The number of carbonyl (C=O) groups is 2. The van der Waals surface area contributed by atoms with Crippen LogP contribution in [0.3, 0.4) is 0 Å². The van der Waals surface area contributed by atoms with Gasteiger partial charge in [0.05, 0.1) is 22.8 Å². The number of benzene rings is 2. The minimum absolute atomic E-state index is 0.0639. The molecule has 0 aliphatic carbocycles. The lowest BCUT2D eigenvalue weighted by atomic mass is 10.0. The van der Waals surface area contributed by atoms with Crippen molar-refractivity contribution < 1.29 is 14.0 Å². The molecule has 6 nitrogen and oxygen atoms in total. The molecule has 31 heavy (non-hydrogen) atoms. The third kappa shape index (κ3) is 3.07. The first-order valence-corrected chi connectivity index (χ1v) is 10.5. The minimum atomic E-state index is -0.360. The first kappa shape index (κ1) is 19.3. The van der Waals surface area contributed by atoms with Crippen LogP contribution in [0.5, 0.6) is 0 Å². The summed E-state index contributed by atoms with van der Waals surface area (Å²) in [4.78, 5) is 45.5. The van der Waals surface area contributed by atoms with Crippen LogP contribution < -0.4 is 5.56 Å². The lowest BCUT2D eigenvalue weighted by molar-refractivity contribution is 0.0648. The number of halogens is 1. The van der Waals surface area contributed by atoms with Crippen LogP contribution in [0.15, 0.2) is 59.7 Å². The largest absolute Gasteiger partial charge is 0.297 e. The van der Waals surface area contributed by atoms with Gasteiger partial charge in [0.15, 0.2) is 0 Å². The number of carbonyl (C=O) groups excluding carboxylic acids is 2. The fourth-order valence-electron chi connectivity index (χ4n) is 3.91. The SMILES string of the molecule is Cc1sc2ncn(CCN3C(=O)c4ccccc4C3=O)c(=O)c2c1-c1ccc(F)cc1. The molecular weight excluding hydrogens is 417 g/mol. The molecule has 1 aliphatic rings. The number of hydrogen-bond acceptors (Lipinski definition) is 5. The van der Waals surface area contributed by atoms with Crippen molar-refractivity contribution in [2.24, 2.45) is 0 Å². The highest BCUT2D eigenvalue weighted by atomic mass is 32.1. The van der Waals surface area contributed by atoms with Gasteiger partial charge in [0.1, 0.15) is 10.6 Å². The summed E-state index contributed by atoms with van der Waals surface area (Å²) in [5, 5.41) is 0.457. The van der Waals surface area contributed by atoms with Crippen LogP contribution in [0.4, 0.5) is 4.39 Å². The van der Waals surface area contributed by atoms with Crippen molar-refractivity contribution in [1.82, 2.24) is 14.5 Å². The number of fused-ring (bicyclic) bond motifs is 2. The van der Waals surface area contributed by atoms with Gasteiger partial charge >= 0.3 is 0 Å². The van der Waals surface area contributed by atoms with Gasteiger partial charge in [-0.1, -0.05) is 24.3 Å². The van der Waals surface area contributed by atoms with E-state index in [9.17, 15) is 18.8 Å². The van der Waals surface area contributed by atoms with Crippen molar-refractivity contribution in [2.45, 2.75) is 13.5 Å². The Morgan fingerprint density at radius 1 is 0.935 bits per heavy atom. The maximum absolute atomic E-state index is 13.4. The number of thiophene rings is 1. The molecule has 0 saturated heterocycles. The van der Waals surface area contributed by atoms with Crippen LogP contribution in [-0.4, -0.2) is 32.8 Å². The maximum atomic E-state index is 13.4. The fourth-order valence-corrected chi connectivity index (χ4v) is 4.91. The number of rotatable bonds is 4. The van der Waals surface area contributed by atoms with E-state index < -0.39 is 0 Å². The van der Waals surface area contributed by atoms with Crippen LogP contribution in [0.2, 0.25) is 0 Å². The number of aryl methyl sites for hydroxylation is 1. The van der Waals surface area contributed by atoms with Crippen molar-refractivity contribution in [2.75, 3.05) is 6.54 Å². The zero-order chi connectivity index (χ0) is 21.7. The highest BCUT2D eigenvalue weighted by Gasteiger charge is 2.34. The quantitative estimate of drug-likeness (QED) is 0.458. The summed E-state index contributed by atoms with van der Waals surface area (Å²) in [5.74, 6) is -1.07. The van der Waals surface area contributed by atoms with Gasteiger partial charge in [0, 0.05) is 23.5 Å². The average Bonchev–Trinajstić information content (AvgIpc) is 3.23. The zero-order valence-electron chi connectivity index (χ0n) is 16.5. The van der Waals surface area contributed by atoms with E-state index in [1.54, 1.807) is 36.4 Å². The number of aromatic nitrogens is 2. The van der Waals surface area contributed by atoms with Crippen molar-refractivity contribution in [1.29, 1.82) is 0 Å². The van der Waals surface area contributed by atoms with Crippen LogP contribution in [0, 0.1) is 12.7 Å². The van der Waals surface area contributed by atoms with Crippen molar-refractivity contribution in [3.63, 3.8) is 0 Å². The number of nitrogens with zero attached hydrogens (tertiary/aromatic N) is 3. The molecule has 2 amide bonds. The molecule has 0 spiro atoms. The minimum Gasteiger partial charge on any atom is -0.297 e. The molecule has 0 radical (unpaired) electrons. The second kappa shape index (κ2) is 7.24. The van der Waals surface area contributed by atoms with Crippen LogP contribution >= 0.6 is 11.3 Å². The van der Waals surface area contributed by atoms with E-state index in [1.807, 2.05) is 6.92 Å². The molecule has 3 heterocycles. The van der Waals surface area contributed by atoms with E-state index >= 15 is 0 Å². The molecule has 2 aromatic heterocycles. The topological polar surface area (TPSA) is 72.3 Å². The molecule has 0 bridgehead atoms. The second-order valence-electron chi connectivity index (χ2n) is 7.27. The standard InChI is InChI=1S/C23H16FN3O3S/c1-13-18(14-6-8-15(24)9-7-14)19-20(31-13)25-12-26(23(19)30)10-11-27-21(28)16-4-2-3-5-17(16)22(27)29/h2-9,12H,10-11H2,1H3. The number of hydrogen-bond donors (Lipinski definition) is 0. The Balaban J connectivity index is 1.49. The molecule has 0 unspecified atom stereocenters. The molecule has 0 N–H and O–H groups in total. The molecule has 2 aromatic carbocycles. The maximum Gasteiger partial charge on any atom is 0.262 e. The van der Waals surface area contributed by atoms with Crippen LogP contribution in [-0.2, 0) is 6.54 Å². The predicted molar refractivity (Wildman–Crippen MR) is 116 cm³/mol. The smallest absolute Gasteiger partial charge is 0.262 e. The van der Waals surface area contributed by atoms with E-state index in [0.29, 0.717) is 21.3 Å². The van der Waals surface area contributed by atoms with Gasteiger partial charge in [-0.2, -0.15) is 0 Å². The molecule has 0 atom stereocenters. The van der Waals surface area contributed by atoms with Crippen LogP contribution in [0.1, 0.15) is 25.6 Å². The summed E-state index contributed by atoms with van der Waals surface area (Å²) in [6.45, 7) is 2.09. The van der Waals surface area contributed by atoms with Crippen molar-refractivity contribution >= 4 is 33.4 Å². The van der Waals surface area contributed by atoms with Crippen molar-refractivity contribution in [3.05, 3.63) is 87.0 Å². The summed E-state index contributed by atoms with van der Waals surface area (Å²) in [5.41, 5.74) is 1.96. The third-order valence-corrected chi connectivity index (χ3v) is 6.44. The monoisotopic (exact) mass is 433 g/mol. The van der Waals surface area contributed by atoms with E-state index in [1.165, 1.54) is 34.4 Å². The van der Waals surface area contributed by atoms with Gasteiger partial charge in [-0.15, -0.1) is 11.3 Å². The van der Waals surface area contributed by atoms with E-state index in [2.05, 4.69) is 4.98 Å². The molecule has 1 aliphatic heterocycles. The Labute approximate surface area is 180 Å². The molecule has 0 fully saturated rings. The molecular formula is C23H16FN3O3S. The first-order valence-electron chi connectivity index (χ1n) is 9.65. The molecule has 4 aromatic rings. The van der Waals surface area contributed by atoms with Gasteiger partial charge in [-0.3, -0.25) is 23.9 Å². The predicted octanol–water partition coefficient (Wildman–Crippen LogP) is 3.87. The average molecular weight is 433 g/mol. The Hall–Kier alpha value is -3.65. The summed E-state index contributed by atoms with van der Waals surface area (Å²) < 4.78 is 14.8. The third-order valence-electron chi connectivity index (χ3n) is 5.43. The number of imide groups is 1. The highest BCUT2D eigenvalue weighted by molar-refractivity contribution is 7.19. The van der Waals surface area contributed by atoms with E-state index in [4.69, 9.17) is 0 Å². The normalized spacial score (nSPS) is 13.3.